The number of aromatic nitrogens is 1. The highest BCUT2D eigenvalue weighted by Crippen LogP contribution is 2.19. The number of aryl methyl sites for hydroxylation is 1. The van der Waals surface area contributed by atoms with Crippen molar-refractivity contribution >= 4 is 21.8 Å². The van der Waals surface area contributed by atoms with Crippen LogP contribution in [0.25, 0.3) is 0 Å². The van der Waals surface area contributed by atoms with Crippen LogP contribution in [0, 0.1) is 0 Å². The molecule has 0 aromatic carbocycles. The predicted molar refractivity (Wildman–Crippen MR) is 75.7 cm³/mol. The molecule has 1 aromatic rings. The lowest BCUT2D eigenvalue weighted by atomic mass is 9.91. The van der Waals surface area contributed by atoms with E-state index in [-0.39, 0.29) is 5.91 Å². The zero-order valence-corrected chi connectivity index (χ0v) is 12.5. The van der Waals surface area contributed by atoms with Gasteiger partial charge in [-0.25, -0.2) is 0 Å². The normalized spacial score (nSPS) is 23.9. The molecule has 1 saturated carbocycles. The van der Waals surface area contributed by atoms with E-state index in [1.54, 1.807) is 0 Å². The Kier molecular flexibility index (Phi) is 4.45. The number of carbonyl (C=O) groups excluding carboxylic acids is 1. The van der Waals surface area contributed by atoms with Gasteiger partial charge in [0.05, 0.1) is 0 Å². The zero-order chi connectivity index (χ0) is 13.1. The van der Waals surface area contributed by atoms with Gasteiger partial charge in [0.25, 0.3) is 5.91 Å². The lowest BCUT2D eigenvalue weighted by molar-refractivity contribution is 0.0916. The number of nitrogens with one attached hydrogen (secondary N) is 2. The molecule has 0 atom stereocenters. The molecule has 2 N–H and O–H groups in total. The van der Waals surface area contributed by atoms with Gasteiger partial charge in [-0.05, 0) is 54.7 Å². The van der Waals surface area contributed by atoms with Crippen molar-refractivity contribution in [2.24, 2.45) is 7.05 Å². The fraction of sp³-hybridized carbons (Fsp3) is 0.615. The minimum atomic E-state index is 0.0242. The van der Waals surface area contributed by atoms with Gasteiger partial charge < -0.3 is 15.2 Å². The standard InChI is InChI=1S/C13H20BrN3O/c1-15-10-3-5-11(6-4-10)16-13(18)12-7-9(14)8-17(12)2/h7-8,10-11,15H,3-6H2,1-2H3,(H,16,18). The number of hydrogen-bond acceptors (Lipinski definition) is 2. The summed E-state index contributed by atoms with van der Waals surface area (Å²) in [5.41, 5.74) is 0.706. The molecule has 1 amide bonds. The molecule has 0 radical (unpaired) electrons. The van der Waals surface area contributed by atoms with Gasteiger partial charge in [0, 0.05) is 29.8 Å². The SMILES string of the molecule is CNC1CCC(NC(=O)c2cc(Br)cn2C)CC1. The summed E-state index contributed by atoms with van der Waals surface area (Å²) < 4.78 is 2.78. The maximum atomic E-state index is 12.1. The van der Waals surface area contributed by atoms with Crippen LogP contribution in [0.3, 0.4) is 0 Å². The van der Waals surface area contributed by atoms with E-state index in [0.717, 1.165) is 30.2 Å². The molecule has 0 aliphatic heterocycles. The van der Waals surface area contributed by atoms with Gasteiger partial charge in [0.2, 0.25) is 0 Å². The van der Waals surface area contributed by atoms with E-state index >= 15 is 0 Å². The van der Waals surface area contributed by atoms with Crippen LogP contribution in [0.1, 0.15) is 36.2 Å². The van der Waals surface area contributed by atoms with Crippen LogP contribution in [0.5, 0.6) is 0 Å². The molecule has 100 valence electrons. The van der Waals surface area contributed by atoms with Gasteiger partial charge in [-0.3, -0.25) is 4.79 Å². The van der Waals surface area contributed by atoms with Crippen LogP contribution in [-0.2, 0) is 7.05 Å². The first-order valence-corrected chi connectivity index (χ1v) is 7.19. The van der Waals surface area contributed by atoms with Crippen LogP contribution in [0.15, 0.2) is 16.7 Å². The third-order valence-corrected chi connectivity index (χ3v) is 4.11. The van der Waals surface area contributed by atoms with Crippen molar-refractivity contribution < 1.29 is 4.79 Å². The summed E-state index contributed by atoms with van der Waals surface area (Å²) in [5, 5.41) is 6.42. The zero-order valence-electron chi connectivity index (χ0n) is 10.9. The molecule has 0 bridgehead atoms. The van der Waals surface area contributed by atoms with Gasteiger partial charge in [-0.15, -0.1) is 0 Å². The van der Waals surface area contributed by atoms with Crippen molar-refractivity contribution in [1.29, 1.82) is 0 Å². The molecule has 0 saturated heterocycles. The summed E-state index contributed by atoms with van der Waals surface area (Å²) in [4.78, 5) is 12.1. The number of nitrogens with zero attached hydrogens (tertiary/aromatic N) is 1. The van der Waals surface area contributed by atoms with Crippen molar-refractivity contribution in [3.05, 3.63) is 22.4 Å². The van der Waals surface area contributed by atoms with Crippen molar-refractivity contribution in [3.8, 4) is 0 Å². The van der Waals surface area contributed by atoms with Crippen LogP contribution < -0.4 is 10.6 Å². The first-order valence-electron chi connectivity index (χ1n) is 6.40. The average molecular weight is 314 g/mol. The minimum absolute atomic E-state index is 0.0242. The van der Waals surface area contributed by atoms with Crippen LogP contribution in [0.4, 0.5) is 0 Å². The molecule has 2 rings (SSSR count). The molecular weight excluding hydrogens is 294 g/mol. The highest BCUT2D eigenvalue weighted by Gasteiger charge is 2.22. The summed E-state index contributed by atoms with van der Waals surface area (Å²) in [6.45, 7) is 0. The quantitative estimate of drug-likeness (QED) is 0.897. The van der Waals surface area contributed by atoms with Crippen LogP contribution >= 0.6 is 15.9 Å². The Balaban J connectivity index is 1.90. The highest BCUT2D eigenvalue weighted by atomic mass is 79.9. The third-order valence-electron chi connectivity index (χ3n) is 3.67. The van der Waals surface area contributed by atoms with Crippen LogP contribution in [-0.4, -0.2) is 29.6 Å². The van der Waals surface area contributed by atoms with E-state index < -0.39 is 0 Å². The predicted octanol–water partition coefficient (Wildman–Crippen LogP) is 2.05. The Bertz CT molecular complexity index is 422. The second-order valence-corrected chi connectivity index (χ2v) is 5.88. The fourth-order valence-corrected chi connectivity index (χ4v) is 3.06. The van der Waals surface area contributed by atoms with E-state index in [2.05, 4.69) is 26.6 Å². The second-order valence-electron chi connectivity index (χ2n) is 4.97. The minimum Gasteiger partial charge on any atom is -0.348 e. The Hall–Kier alpha value is -0.810. The molecule has 1 heterocycles. The number of rotatable bonds is 3. The molecule has 1 fully saturated rings. The first-order chi connectivity index (χ1) is 8.60. The highest BCUT2D eigenvalue weighted by molar-refractivity contribution is 9.10. The Morgan fingerprint density at radius 2 is 1.94 bits per heavy atom. The smallest absolute Gasteiger partial charge is 0.268 e. The molecule has 0 spiro atoms. The van der Waals surface area contributed by atoms with E-state index in [0.29, 0.717) is 17.8 Å². The van der Waals surface area contributed by atoms with Crippen molar-refractivity contribution in [2.45, 2.75) is 37.8 Å². The number of hydrogen-bond donors (Lipinski definition) is 2. The molecule has 1 aromatic heterocycles. The third kappa shape index (κ3) is 3.14. The fourth-order valence-electron chi connectivity index (χ4n) is 2.54. The molecule has 0 unspecified atom stereocenters. The topological polar surface area (TPSA) is 46.1 Å². The summed E-state index contributed by atoms with van der Waals surface area (Å²) in [7, 11) is 3.89. The van der Waals surface area contributed by atoms with Gasteiger partial charge in [0.1, 0.15) is 5.69 Å². The number of carbonyl (C=O) groups is 1. The van der Waals surface area contributed by atoms with E-state index in [1.165, 1.54) is 0 Å². The Morgan fingerprint density at radius 3 is 2.44 bits per heavy atom. The van der Waals surface area contributed by atoms with Crippen molar-refractivity contribution in [1.82, 2.24) is 15.2 Å². The number of halogens is 1. The van der Waals surface area contributed by atoms with Crippen molar-refractivity contribution in [2.75, 3.05) is 7.05 Å². The van der Waals surface area contributed by atoms with Gasteiger partial charge in [-0.2, -0.15) is 0 Å². The molecule has 18 heavy (non-hydrogen) atoms. The molecule has 5 heteroatoms. The van der Waals surface area contributed by atoms with Crippen molar-refractivity contribution in [3.63, 3.8) is 0 Å². The average Bonchev–Trinajstić information content (AvgIpc) is 2.69. The first kappa shape index (κ1) is 13.6. The summed E-state index contributed by atoms with van der Waals surface area (Å²) >= 11 is 3.38. The number of amides is 1. The molecule has 1 aliphatic carbocycles. The summed E-state index contributed by atoms with van der Waals surface area (Å²) in [5.74, 6) is 0.0242. The Morgan fingerprint density at radius 1 is 1.33 bits per heavy atom. The van der Waals surface area contributed by atoms with Gasteiger partial charge >= 0.3 is 0 Å². The lowest BCUT2D eigenvalue weighted by Crippen LogP contribution is -2.41. The summed E-state index contributed by atoms with van der Waals surface area (Å²) in [6, 6.07) is 2.78. The van der Waals surface area contributed by atoms with Gasteiger partial charge in [-0.1, -0.05) is 0 Å². The van der Waals surface area contributed by atoms with E-state index in [1.807, 2.05) is 30.9 Å². The van der Waals surface area contributed by atoms with E-state index in [9.17, 15) is 4.79 Å². The monoisotopic (exact) mass is 313 g/mol. The maximum absolute atomic E-state index is 12.1. The second kappa shape index (κ2) is 5.89. The van der Waals surface area contributed by atoms with Gasteiger partial charge in [0.15, 0.2) is 0 Å². The summed E-state index contributed by atoms with van der Waals surface area (Å²) in [6.07, 6.45) is 6.29. The molecular formula is C13H20BrN3O. The molecule has 4 nitrogen and oxygen atoms in total. The largest absolute Gasteiger partial charge is 0.348 e. The molecule has 1 aliphatic rings. The van der Waals surface area contributed by atoms with E-state index in [4.69, 9.17) is 0 Å². The lowest BCUT2D eigenvalue weighted by Gasteiger charge is -2.28. The maximum Gasteiger partial charge on any atom is 0.268 e. The Labute approximate surface area is 116 Å². The van der Waals surface area contributed by atoms with Crippen LogP contribution in [0.2, 0.25) is 0 Å².